The third-order valence-electron chi connectivity index (χ3n) is 4.61. The van der Waals surface area contributed by atoms with Crippen LogP contribution in [0.25, 0.3) is 33.3 Å². The lowest BCUT2D eigenvalue weighted by Gasteiger charge is -2.05. The number of fused-ring (bicyclic) bond motifs is 3. The van der Waals surface area contributed by atoms with Gasteiger partial charge in [-0.2, -0.15) is 0 Å². The first kappa shape index (κ1) is 18.1. The number of furan rings is 1. The second-order valence-electron chi connectivity index (χ2n) is 6.40. The summed E-state index contributed by atoms with van der Waals surface area (Å²) in [6, 6.07) is 10.0. The molecule has 1 N–H and O–H groups in total. The van der Waals surface area contributed by atoms with Crippen molar-refractivity contribution in [1.29, 1.82) is 0 Å². The predicted molar refractivity (Wildman–Crippen MR) is 105 cm³/mol. The van der Waals surface area contributed by atoms with Gasteiger partial charge in [0.05, 0.1) is 23.9 Å². The Bertz CT molecular complexity index is 1280. The number of methoxy groups -OCH3 is 1. The third kappa shape index (κ3) is 2.92. The Labute approximate surface area is 163 Å². The molecule has 0 aliphatic heterocycles. The van der Waals surface area contributed by atoms with Crippen LogP contribution in [0.5, 0.6) is 5.75 Å². The fraction of sp³-hybridized carbons (Fsp3) is 0.143. The smallest absolute Gasteiger partial charge is 0.336 e. The Morgan fingerprint density at radius 1 is 1.14 bits per heavy atom. The van der Waals surface area contributed by atoms with Crippen LogP contribution >= 0.6 is 11.6 Å². The van der Waals surface area contributed by atoms with Crippen LogP contribution < -0.4 is 10.4 Å². The number of hydrogen-bond acceptors (Lipinski definition) is 5. The van der Waals surface area contributed by atoms with Gasteiger partial charge in [-0.25, -0.2) is 4.79 Å². The van der Waals surface area contributed by atoms with Crippen molar-refractivity contribution in [2.24, 2.45) is 0 Å². The summed E-state index contributed by atoms with van der Waals surface area (Å²) in [4.78, 5) is 23.5. The van der Waals surface area contributed by atoms with E-state index in [2.05, 4.69) is 0 Å². The van der Waals surface area contributed by atoms with E-state index in [4.69, 9.17) is 25.2 Å². The number of aryl methyl sites for hydroxylation is 1. The van der Waals surface area contributed by atoms with E-state index >= 15 is 0 Å². The fourth-order valence-electron chi connectivity index (χ4n) is 3.35. The minimum atomic E-state index is -1.04. The highest BCUT2D eigenvalue weighted by molar-refractivity contribution is 6.37. The van der Waals surface area contributed by atoms with Gasteiger partial charge in [0, 0.05) is 22.6 Å². The summed E-state index contributed by atoms with van der Waals surface area (Å²) in [6.07, 6.45) is -0.318. The second-order valence-corrected chi connectivity index (χ2v) is 6.80. The molecule has 7 heteroatoms. The molecule has 0 aliphatic carbocycles. The molecule has 0 saturated carbocycles. The van der Waals surface area contributed by atoms with E-state index in [1.54, 1.807) is 44.4 Å². The zero-order valence-electron chi connectivity index (χ0n) is 15.0. The van der Waals surface area contributed by atoms with Crippen molar-refractivity contribution >= 4 is 39.5 Å². The molecule has 0 bridgehead atoms. The minimum Gasteiger partial charge on any atom is -0.497 e. The van der Waals surface area contributed by atoms with Gasteiger partial charge in [0.25, 0.3) is 0 Å². The van der Waals surface area contributed by atoms with E-state index in [0.717, 1.165) is 0 Å². The fourth-order valence-corrected chi connectivity index (χ4v) is 3.59. The molecule has 0 saturated heterocycles. The van der Waals surface area contributed by atoms with Gasteiger partial charge in [-0.05, 0) is 42.8 Å². The molecule has 4 rings (SSSR count). The van der Waals surface area contributed by atoms with Gasteiger partial charge < -0.3 is 18.7 Å². The van der Waals surface area contributed by atoms with Gasteiger partial charge >= 0.3 is 11.6 Å². The molecule has 0 amide bonds. The quantitative estimate of drug-likeness (QED) is 0.496. The van der Waals surface area contributed by atoms with Crippen molar-refractivity contribution in [3.8, 4) is 17.1 Å². The molecule has 2 aromatic heterocycles. The second kappa shape index (κ2) is 6.73. The van der Waals surface area contributed by atoms with Crippen LogP contribution in [0.15, 0.2) is 50.0 Å². The van der Waals surface area contributed by atoms with E-state index < -0.39 is 11.6 Å². The summed E-state index contributed by atoms with van der Waals surface area (Å²) in [5, 5.41) is 10.8. The average Bonchev–Trinajstić information content (AvgIpc) is 3.02. The molecule has 0 atom stereocenters. The first-order chi connectivity index (χ1) is 13.4. The molecule has 2 aromatic carbocycles. The highest BCUT2D eigenvalue weighted by atomic mass is 35.5. The largest absolute Gasteiger partial charge is 0.497 e. The number of carbonyl (C=O) groups is 1. The van der Waals surface area contributed by atoms with Crippen molar-refractivity contribution in [3.05, 3.63) is 63.0 Å². The highest BCUT2D eigenvalue weighted by Gasteiger charge is 2.24. The Morgan fingerprint density at radius 3 is 2.50 bits per heavy atom. The Morgan fingerprint density at radius 2 is 1.86 bits per heavy atom. The SMILES string of the molecule is COc1ccc(-c2oc3c(Cl)cc4c(C)cc(=O)oc4c3c2CC(=O)O)cc1. The Hall–Kier alpha value is -3.25. The van der Waals surface area contributed by atoms with Crippen LogP contribution in [-0.2, 0) is 11.2 Å². The molecule has 4 aromatic rings. The molecule has 0 spiro atoms. The number of carboxylic acid groups (broad SMARTS) is 1. The van der Waals surface area contributed by atoms with E-state index in [1.165, 1.54) is 6.07 Å². The van der Waals surface area contributed by atoms with E-state index in [0.29, 0.717) is 44.0 Å². The van der Waals surface area contributed by atoms with Gasteiger partial charge in [0.2, 0.25) is 0 Å². The van der Waals surface area contributed by atoms with Crippen LogP contribution in [-0.4, -0.2) is 18.2 Å². The first-order valence-electron chi connectivity index (χ1n) is 8.43. The first-order valence-corrected chi connectivity index (χ1v) is 8.81. The summed E-state index contributed by atoms with van der Waals surface area (Å²) in [6.45, 7) is 1.77. The zero-order valence-corrected chi connectivity index (χ0v) is 15.8. The topological polar surface area (TPSA) is 89.9 Å². The van der Waals surface area contributed by atoms with Gasteiger partial charge in [-0.15, -0.1) is 0 Å². The highest BCUT2D eigenvalue weighted by Crippen LogP contribution is 2.42. The van der Waals surface area contributed by atoms with Gasteiger partial charge in [0.1, 0.15) is 17.1 Å². The summed E-state index contributed by atoms with van der Waals surface area (Å²) >= 11 is 6.42. The summed E-state index contributed by atoms with van der Waals surface area (Å²) in [7, 11) is 1.56. The minimum absolute atomic E-state index is 0.268. The van der Waals surface area contributed by atoms with Crippen LogP contribution in [0, 0.1) is 6.92 Å². The number of rotatable bonds is 4. The standard InChI is InChI=1S/C21H15ClO6/c1-10-7-17(25)27-20-13(10)8-15(22)21-18(20)14(9-16(23)24)19(28-21)11-3-5-12(26-2)6-4-11/h3-8H,9H2,1-2H3,(H,23,24). The van der Waals surface area contributed by atoms with E-state index in [-0.39, 0.29) is 17.6 Å². The number of benzene rings is 2. The molecule has 0 aliphatic rings. The maximum atomic E-state index is 12.0. The van der Waals surface area contributed by atoms with E-state index in [1.807, 2.05) is 0 Å². The van der Waals surface area contributed by atoms with E-state index in [9.17, 15) is 14.7 Å². The average molecular weight is 399 g/mol. The monoisotopic (exact) mass is 398 g/mol. The predicted octanol–water partition coefficient (Wildman–Crippen LogP) is 4.80. The van der Waals surface area contributed by atoms with Crippen LogP contribution in [0.2, 0.25) is 5.02 Å². The molecule has 0 unspecified atom stereocenters. The van der Waals surface area contributed by atoms with Crippen LogP contribution in [0.3, 0.4) is 0 Å². The lowest BCUT2D eigenvalue weighted by atomic mass is 10.0. The Kier molecular flexibility index (Phi) is 4.35. The molecular formula is C21H15ClO6. The number of halogens is 1. The maximum Gasteiger partial charge on any atom is 0.336 e. The number of ether oxygens (including phenoxy) is 1. The molecule has 142 valence electrons. The molecule has 0 fully saturated rings. The molecule has 0 radical (unpaired) electrons. The van der Waals surface area contributed by atoms with Gasteiger partial charge in [-0.3, -0.25) is 4.79 Å². The molecule has 28 heavy (non-hydrogen) atoms. The normalized spacial score (nSPS) is 11.2. The number of carboxylic acids is 1. The lowest BCUT2D eigenvalue weighted by Crippen LogP contribution is -2.02. The van der Waals surface area contributed by atoms with Gasteiger partial charge in [0.15, 0.2) is 5.58 Å². The van der Waals surface area contributed by atoms with Crippen LogP contribution in [0.1, 0.15) is 11.1 Å². The van der Waals surface area contributed by atoms with Gasteiger partial charge in [-0.1, -0.05) is 11.6 Å². The third-order valence-corrected chi connectivity index (χ3v) is 4.89. The Balaban J connectivity index is 2.13. The summed E-state index contributed by atoms with van der Waals surface area (Å²) in [5.74, 6) is -0.0241. The van der Waals surface area contributed by atoms with Crippen LogP contribution in [0.4, 0.5) is 0 Å². The van der Waals surface area contributed by atoms with Crippen molar-refractivity contribution in [2.75, 3.05) is 7.11 Å². The lowest BCUT2D eigenvalue weighted by molar-refractivity contribution is -0.136. The zero-order chi connectivity index (χ0) is 20.0. The van der Waals surface area contributed by atoms with Crippen molar-refractivity contribution < 1.29 is 23.5 Å². The summed E-state index contributed by atoms with van der Waals surface area (Å²) < 4.78 is 16.6. The van der Waals surface area contributed by atoms with Crippen molar-refractivity contribution in [1.82, 2.24) is 0 Å². The molecular weight excluding hydrogens is 384 g/mol. The molecule has 6 nitrogen and oxygen atoms in total. The number of aliphatic carboxylic acids is 1. The maximum absolute atomic E-state index is 12.0. The molecule has 2 heterocycles. The number of hydrogen-bond donors (Lipinski definition) is 1. The summed E-state index contributed by atoms with van der Waals surface area (Å²) in [5.41, 5.74) is 1.76. The van der Waals surface area contributed by atoms with Crippen molar-refractivity contribution in [2.45, 2.75) is 13.3 Å². The van der Waals surface area contributed by atoms with Crippen molar-refractivity contribution in [3.63, 3.8) is 0 Å².